The summed E-state index contributed by atoms with van der Waals surface area (Å²) in [6.45, 7) is 5.93. The highest BCUT2D eigenvalue weighted by atomic mass is 15.0. The van der Waals surface area contributed by atoms with E-state index in [0.29, 0.717) is 0 Å². The van der Waals surface area contributed by atoms with Gasteiger partial charge in [-0.2, -0.15) is 0 Å². The Hall–Kier alpha value is -2.54. The van der Waals surface area contributed by atoms with Crippen molar-refractivity contribution >= 4 is 23.1 Å². The van der Waals surface area contributed by atoms with Crippen molar-refractivity contribution in [1.29, 1.82) is 0 Å². The van der Waals surface area contributed by atoms with Crippen molar-refractivity contribution in [3.8, 4) is 5.69 Å². The molecule has 0 aliphatic rings. The van der Waals surface area contributed by atoms with Crippen molar-refractivity contribution in [2.45, 2.75) is 6.92 Å². The SMILES string of the molecule is C=C/C=c1\c(=C/C)c2ccccc2n1-c1ccccc1. The minimum atomic E-state index is 1.17. The second kappa shape index (κ2) is 5.22. The number of allylic oxidation sites excluding steroid dienone is 1. The lowest BCUT2D eigenvalue weighted by Crippen LogP contribution is -2.27. The van der Waals surface area contributed by atoms with Gasteiger partial charge in [-0.25, -0.2) is 0 Å². The fraction of sp³-hybridized carbons (Fsp3) is 0.0526. The molecule has 1 aromatic heterocycles. The van der Waals surface area contributed by atoms with Gasteiger partial charge in [0.15, 0.2) is 0 Å². The summed E-state index contributed by atoms with van der Waals surface area (Å²) in [5.74, 6) is 0. The molecule has 3 rings (SSSR count). The van der Waals surface area contributed by atoms with Crippen LogP contribution in [0.1, 0.15) is 6.92 Å². The van der Waals surface area contributed by atoms with Crippen LogP contribution >= 0.6 is 0 Å². The maximum Gasteiger partial charge on any atom is 0.0540 e. The van der Waals surface area contributed by atoms with Crippen molar-refractivity contribution in [3.63, 3.8) is 0 Å². The van der Waals surface area contributed by atoms with E-state index in [0.717, 1.165) is 0 Å². The van der Waals surface area contributed by atoms with Gasteiger partial charge in [0.05, 0.1) is 10.9 Å². The van der Waals surface area contributed by atoms with Crippen LogP contribution in [-0.2, 0) is 0 Å². The maximum absolute atomic E-state index is 3.85. The van der Waals surface area contributed by atoms with Crippen LogP contribution in [0.2, 0.25) is 0 Å². The average Bonchev–Trinajstić information content (AvgIpc) is 2.82. The van der Waals surface area contributed by atoms with Gasteiger partial charge in [0.2, 0.25) is 0 Å². The fourth-order valence-corrected chi connectivity index (χ4v) is 2.72. The molecular weight excluding hydrogens is 242 g/mol. The number of fused-ring (bicyclic) bond motifs is 1. The first-order valence-corrected chi connectivity index (χ1v) is 6.81. The number of hydrogen-bond acceptors (Lipinski definition) is 0. The quantitative estimate of drug-likeness (QED) is 0.665. The molecule has 98 valence electrons. The van der Waals surface area contributed by atoms with Gasteiger partial charge >= 0.3 is 0 Å². The number of rotatable bonds is 2. The molecule has 0 saturated heterocycles. The average molecular weight is 259 g/mol. The molecule has 20 heavy (non-hydrogen) atoms. The van der Waals surface area contributed by atoms with E-state index in [1.807, 2.05) is 12.1 Å². The third-order valence-electron chi connectivity index (χ3n) is 3.53. The van der Waals surface area contributed by atoms with Gasteiger partial charge in [0.25, 0.3) is 0 Å². The van der Waals surface area contributed by atoms with Gasteiger partial charge in [-0.15, -0.1) is 0 Å². The smallest absolute Gasteiger partial charge is 0.0540 e. The molecule has 3 aromatic rings. The Morgan fingerprint density at radius 3 is 2.35 bits per heavy atom. The zero-order valence-electron chi connectivity index (χ0n) is 11.6. The summed E-state index contributed by atoms with van der Waals surface area (Å²) >= 11 is 0. The molecule has 0 atom stereocenters. The lowest BCUT2D eigenvalue weighted by Gasteiger charge is -2.05. The summed E-state index contributed by atoms with van der Waals surface area (Å²) in [5, 5.41) is 3.70. The topological polar surface area (TPSA) is 4.93 Å². The van der Waals surface area contributed by atoms with Gasteiger partial charge in [-0.1, -0.05) is 55.1 Å². The number of aromatic nitrogens is 1. The minimum Gasteiger partial charge on any atom is -0.309 e. The lowest BCUT2D eigenvalue weighted by molar-refractivity contribution is 1.07. The van der Waals surface area contributed by atoms with Gasteiger partial charge < -0.3 is 4.57 Å². The predicted molar refractivity (Wildman–Crippen MR) is 87.3 cm³/mol. The molecule has 0 spiro atoms. The van der Waals surface area contributed by atoms with E-state index in [2.05, 4.69) is 78.8 Å². The van der Waals surface area contributed by atoms with E-state index < -0.39 is 0 Å². The van der Waals surface area contributed by atoms with Crippen LogP contribution in [0.5, 0.6) is 0 Å². The van der Waals surface area contributed by atoms with Crippen LogP contribution in [0, 0.1) is 0 Å². The number of nitrogens with zero attached hydrogens (tertiary/aromatic N) is 1. The predicted octanol–water partition coefficient (Wildman–Crippen LogP) is 3.40. The highest BCUT2D eigenvalue weighted by Crippen LogP contribution is 2.14. The Bertz CT molecular complexity index is 867. The monoisotopic (exact) mass is 259 g/mol. The largest absolute Gasteiger partial charge is 0.309 e. The van der Waals surface area contributed by atoms with E-state index in [1.165, 1.54) is 27.2 Å². The zero-order chi connectivity index (χ0) is 13.9. The minimum absolute atomic E-state index is 1.17. The third-order valence-corrected chi connectivity index (χ3v) is 3.53. The normalized spacial score (nSPS) is 13.1. The van der Waals surface area contributed by atoms with Crippen LogP contribution in [0.4, 0.5) is 0 Å². The van der Waals surface area contributed by atoms with Crippen molar-refractivity contribution in [3.05, 3.63) is 77.8 Å². The van der Waals surface area contributed by atoms with Crippen molar-refractivity contribution < 1.29 is 0 Å². The molecule has 0 unspecified atom stereocenters. The molecule has 1 nitrogen and oxygen atoms in total. The molecule has 0 aliphatic carbocycles. The standard InChI is InChI=1S/C19H17N/c1-3-10-18-16(4-2)17-13-8-9-14-19(17)20(18)15-11-6-5-7-12-15/h3-14H,1H2,2H3/b16-4-,18-10+. The molecule has 0 radical (unpaired) electrons. The highest BCUT2D eigenvalue weighted by molar-refractivity contribution is 5.84. The molecule has 2 aromatic carbocycles. The van der Waals surface area contributed by atoms with Crippen molar-refractivity contribution in [1.82, 2.24) is 4.57 Å². The van der Waals surface area contributed by atoms with E-state index >= 15 is 0 Å². The summed E-state index contributed by atoms with van der Waals surface area (Å²) < 4.78 is 2.28. The number of benzene rings is 2. The molecule has 1 heteroatoms. The van der Waals surface area contributed by atoms with Crippen LogP contribution in [0.25, 0.3) is 28.7 Å². The molecule has 1 heterocycles. The second-order valence-corrected chi connectivity index (χ2v) is 4.68. The van der Waals surface area contributed by atoms with Crippen LogP contribution in [0.3, 0.4) is 0 Å². The van der Waals surface area contributed by atoms with E-state index in [-0.39, 0.29) is 0 Å². The maximum atomic E-state index is 3.85. The van der Waals surface area contributed by atoms with E-state index in [1.54, 1.807) is 0 Å². The second-order valence-electron chi connectivity index (χ2n) is 4.68. The number of para-hydroxylation sites is 2. The first kappa shape index (κ1) is 12.5. The van der Waals surface area contributed by atoms with Crippen molar-refractivity contribution in [2.75, 3.05) is 0 Å². The van der Waals surface area contributed by atoms with Gasteiger partial charge in [0.1, 0.15) is 0 Å². The Kier molecular flexibility index (Phi) is 3.26. The first-order chi connectivity index (χ1) is 9.86. The molecule has 0 saturated carbocycles. The zero-order valence-corrected chi connectivity index (χ0v) is 11.6. The molecule has 0 bridgehead atoms. The molecule has 0 fully saturated rings. The van der Waals surface area contributed by atoms with Gasteiger partial charge in [-0.3, -0.25) is 0 Å². The summed E-state index contributed by atoms with van der Waals surface area (Å²) in [4.78, 5) is 0. The summed E-state index contributed by atoms with van der Waals surface area (Å²) in [5.41, 5.74) is 2.39. The highest BCUT2D eigenvalue weighted by Gasteiger charge is 2.07. The van der Waals surface area contributed by atoms with E-state index in [4.69, 9.17) is 0 Å². The summed E-state index contributed by atoms with van der Waals surface area (Å²) in [6.07, 6.45) is 6.08. The van der Waals surface area contributed by atoms with Crippen molar-refractivity contribution in [2.24, 2.45) is 0 Å². The third kappa shape index (κ3) is 1.88. The summed E-state index contributed by atoms with van der Waals surface area (Å²) in [7, 11) is 0. The molecular formula is C19H17N. The molecule has 0 N–H and O–H groups in total. The Morgan fingerprint density at radius 1 is 0.950 bits per heavy atom. The van der Waals surface area contributed by atoms with Crippen LogP contribution < -0.4 is 10.6 Å². The Balaban J connectivity index is 2.57. The lowest BCUT2D eigenvalue weighted by atomic mass is 10.2. The van der Waals surface area contributed by atoms with E-state index in [9.17, 15) is 0 Å². The Labute approximate surface area is 118 Å². The molecule has 0 aliphatic heterocycles. The molecule has 0 amide bonds. The Morgan fingerprint density at radius 2 is 1.65 bits per heavy atom. The fourth-order valence-electron chi connectivity index (χ4n) is 2.72. The van der Waals surface area contributed by atoms with Crippen LogP contribution in [-0.4, -0.2) is 4.57 Å². The first-order valence-electron chi connectivity index (χ1n) is 6.81. The summed E-state index contributed by atoms with van der Waals surface area (Å²) in [6, 6.07) is 18.9. The van der Waals surface area contributed by atoms with Gasteiger partial charge in [-0.05, 0) is 31.2 Å². The van der Waals surface area contributed by atoms with Crippen LogP contribution in [0.15, 0.2) is 67.3 Å². The van der Waals surface area contributed by atoms with Gasteiger partial charge in [0, 0.05) is 16.3 Å². The number of hydrogen-bond donors (Lipinski definition) is 0.